The fourth-order valence-corrected chi connectivity index (χ4v) is 6.75. The van der Waals surface area contributed by atoms with Crippen LogP contribution in [-0.2, 0) is 14.8 Å². The number of hydrogen-bond acceptors (Lipinski definition) is 4. The van der Waals surface area contributed by atoms with Gasteiger partial charge >= 0.3 is 0 Å². The molecule has 1 saturated heterocycles. The Morgan fingerprint density at radius 1 is 1.18 bits per heavy atom. The molecule has 4 atom stereocenters. The van der Waals surface area contributed by atoms with Crippen molar-refractivity contribution in [3.05, 3.63) is 24.3 Å². The number of ether oxygens (including phenoxy) is 1. The molecule has 6 nitrogen and oxygen atoms in total. The van der Waals surface area contributed by atoms with Crippen LogP contribution in [-0.4, -0.2) is 50.2 Å². The Hall–Kier alpha value is -1.22. The number of hydrogen-bond donors (Lipinski definition) is 2. The van der Waals surface area contributed by atoms with Gasteiger partial charge < -0.3 is 15.4 Å². The molecule has 28 heavy (non-hydrogen) atoms. The van der Waals surface area contributed by atoms with Gasteiger partial charge in [-0.05, 0) is 80.4 Å². The summed E-state index contributed by atoms with van der Waals surface area (Å²) in [4.78, 5) is 0.300. The normalized spacial score (nSPS) is 28.8. The minimum atomic E-state index is -3.47. The Balaban J connectivity index is 1.33. The molecule has 1 heterocycles. The Morgan fingerprint density at radius 2 is 1.89 bits per heavy atom. The van der Waals surface area contributed by atoms with E-state index in [1.807, 2.05) is 0 Å². The van der Waals surface area contributed by atoms with Crippen LogP contribution in [0.2, 0.25) is 0 Å². The highest BCUT2D eigenvalue weighted by Crippen LogP contribution is 2.49. The van der Waals surface area contributed by atoms with Crippen LogP contribution in [0.25, 0.3) is 0 Å². The van der Waals surface area contributed by atoms with Crippen LogP contribution in [0.1, 0.15) is 32.6 Å². The maximum Gasteiger partial charge on any atom is 0.243 e. The number of benzene rings is 1. The lowest BCUT2D eigenvalue weighted by Crippen LogP contribution is -2.42. The van der Waals surface area contributed by atoms with Gasteiger partial charge in [-0.3, -0.25) is 0 Å². The Kier molecular flexibility index (Phi) is 5.92. The second kappa shape index (κ2) is 8.26. The van der Waals surface area contributed by atoms with Crippen molar-refractivity contribution in [2.45, 2.75) is 43.5 Å². The first-order valence-electron chi connectivity index (χ1n) is 10.2. The standard InChI is InChI=1S/C20H29N3O3S2/c1-14(19-13-15-2-3-16(19)12-15)21-20(27)22-17-4-6-18(7-5-17)28(24,25)23-8-10-26-11-9-23/h4-7,14-16,19H,2-3,8-13H2,1H3,(H2,21,22,27)/t14-,15+,16+,19-/m1/s1. The average molecular weight is 424 g/mol. The van der Waals surface area contributed by atoms with Gasteiger partial charge in [-0.15, -0.1) is 0 Å². The SMILES string of the molecule is C[C@@H](NC(=S)Nc1ccc(S(=O)(=O)N2CCOCC2)cc1)[C@H]1C[C@H]2CC[C@H]1C2. The van der Waals surface area contributed by atoms with Gasteiger partial charge in [0.05, 0.1) is 18.1 Å². The molecule has 1 aromatic carbocycles. The lowest BCUT2D eigenvalue weighted by molar-refractivity contribution is 0.0730. The molecule has 0 amide bonds. The highest BCUT2D eigenvalue weighted by Gasteiger charge is 2.41. The van der Waals surface area contributed by atoms with Crippen LogP contribution >= 0.6 is 12.2 Å². The van der Waals surface area contributed by atoms with Crippen molar-refractivity contribution >= 4 is 33.0 Å². The second-order valence-electron chi connectivity index (χ2n) is 8.27. The molecule has 3 aliphatic rings. The fraction of sp³-hybridized carbons (Fsp3) is 0.650. The van der Waals surface area contributed by atoms with Crippen molar-refractivity contribution in [1.82, 2.24) is 9.62 Å². The molecular weight excluding hydrogens is 394 g/mol. The van der Waals surface area contributed by atoms with Gasteiger partial charge in [-0.25, -0.2) is 8.42 Å². The molecular formula is C20H29N3O3S2. The van der Waals surface area contributed by atoms with Gasteiger partial charge in [-0.2, -0.15) is 4.31 Å². The zero-order valence-electron chi connectivity index (χ0n) is 16.3. The Bertz CT molecular complexity index is 806. The highest BCUT2D eigenvalue weighted by molar-refractivity contribution is 7.89. The first-order valence-corrected chi connectivity index (χ1v) is 12.0. The predicted molar refractivity (Wildman–Crippen MR) is 114 cm³/mol. The van der Waals surface area contributed by atoms with E-state index in [0.29, 0.717) is 48.3 Å². The van der Waals surface area contributed by atoms with Crippen LogP contribution in [0.15, 0.2) is 29.2 Å². The van der Waals surface area contributed by atoms with Crippen molar-refractivity contribution in [3.8, 4) is 0 Å². The molecule has 154 valence electrons. The fourth-order valence-electron chi connectivity index (χ4n) is 5.03. The smallest absolute Gasteiger partial charge is 0.243 e. The van der Waals surface area contributed by atoms with Crippen LogP contribution in [0.4, 0.5) is 5.69 Å². The number of morpholine rings is 1. The number of fused-ring (bicyclic) bond motifs is 2. The van der Waals surface area contributed by atoms with Crippen molar-refractivity contribution < 1.29 is 13.2 Å². The quantitative estimate of drug-likeness (QED) is 0.710. The van der Waals surface area contributed by atoms with Crippen LogP contribution in [0, 0.1) is 17.8 Å². The van der Waals surface area contributed by atoms with Gasteiger partial charge in [-0.1, -0.05) is 6.42 Å². The van der Waals surface area contributed by atoms with Gasteiger partial charge in [0, 0.05) is 24.8 Å². The number of rotatable bonds is 5. The number of thiocarbonyl (C=S) groups is 1. The summed E-state index contributed by atoms with van der Waals surface area (Å²) in [7, 11) is -3.47. The summed E-state index contributed by atoms with van der Waals surface area (Å²) in [6, 6.07) is 7.16. The van der Waals surface area contributed by atoms with E-state index in [1.54, 1.807) is 24.3 Å². The Labute approximate surface area is 173 Å². The molecule has 0 unspecified atom stereocenters. The summed E-state index contributed by atoms with van der Waals surface area (Å²) >= 11 is 5.48. The van der Waals surface area contributed by atoms with Crippen molar-refractivity contribution in [1.29, 1.82) is 0 Å². The van der Waals surface area contributed by atoms with Crippen molar-refractivity contribution in [2.24, 2.45) is 17.8 Å². The predicted octanol–water partition coefficient (Wildman–Crippen LogP) is 2.82. The van der Waals surface area contributed by atoms with Gasteiger partial charge in [0.2, 0.25) is 10.0 Å². The summed E-state index contributed by atoms with van der Waals surface area (Å²) in [6.07, 6.45) is 5.46. The van der Waals surface area contributed by atoms with Crippen molar-refractivity contribution in [2.75, 3.05) is 31.6 Å². The highest BCUT2D eigenvalue weighted by atomic mass is 32.2. The summed E-state index contributed by atoms with van der Waals surface area (Å²) < 4.78 is 32.1. The summed E-state index contributed by atoms with van der Waals surface area (Å²) in [6.45, 7) is 3.91. The van der Waals surface area contributed by atoms with E-state index in [-0.39, 0.29) is 0 Å². The minimum absolute atomic E-state index is 0.300. The van der Waals surface area contributed by atoms with Gasteiger partial charge in [0.25, 0.3) is 0 Å². The average Bonchev–Trinajstić information content (AvgIpc) is 3.32. The maximum absolute atomic E-state index is 12.7. The second-order valence-corrected chi connectivity index (χ2v) is 10.6. The van der Waals surface area contributed by atoms with Gasteiger partial charge in [0.15, 0.2) is 5.11 Å². The van der Waals surface area contributed by atoms with E-state index in [2.05, 4.69) is 17.6 Å². The zero-order valence-corrected chi connectivity index (χ0v) is 17.9. The van der Waals surface area contributed by atoms with E-state index in [9.17, 15) is 8.42 Å². The van der Waals surface area contributed by atoms with E-state index < -0.39 is 10.0 Å². The molecule has 1 aliphatic heterocycles. The third-order valence-corrected chi connectivity index (χ3v) is 8.65. The van der Waals surface area contributed by atoms with E-state index >= 15 is 0 Å². The molecule has 0 radical (unpaired) electrons. The van der Waals surface area contributed by atoms with E-state index in [0.717, 1.165) is 17.5 Å². The number of nitrogens with zero attached hydrogens (tertiary/aromatic N) is 1. The molecule has 3 fully saturated rings. The third kappa shape index (κ3) is 4.20. The Morgan fingerprint density at radius 3 is 2.50 bits per heavy atom. The van der Waals surface area contributed by atoms with Crippen LogP contribution in [0.3, 0.4) is 0 Å². The minimum Gasteiger partial charge on any atom is -0.379 e. The molecule has 0 aromatic heterocycles. The lowest BCUT2D eigenvalue weighted by Gasteiger charge is -2.29. The molecule has 0 spiro atoms. The monoisotopic (exact) mass is 423 g/mol. The van der Waals surface area contributed by atoms with E-state index in [4.69, 9.17) is 17.0 Å². The van der Waals surface area contributed by atoms with E-state index in [1.165, 1.54) is 30.0 Å². The first kappa shape index (κ1) is 20.1. The molecule has 2 saturated carbocycles. The number of nitrogens with one attached hydrogen (secondary N) is 2. The summed E-state index contributed by atoms with van der Waals surface area (Å²) in [5.74, 6) is 2.47. The van der Waals surface area contributed by atoms with Gasteiger partial charge in [0.1, 0.15) is 0 Å². The number of sulfonamides is 1. The van der Waals surface area contributed by atoms with Crippen LogP contribution < -0.4 is 10.6 Å². The molecule has 4 rings (SSSR count). The molecule has 2 aliphatic carbocycles. The third-order valence-electron chi connectivity index (χ3n) is 6.51. The maximum atomic E-state index is 12.7. The van der Waals surface area contributed by atoms with Crippen molar-refractivity contribution in [3.63, 3.8) is 0 Å². The molecule has 2 bridgehead atoms. The molecule has 8 heteroatoms. The molecule has 1 aromatic rings. The summed E-state index contributed by atoms with van der Waals surface area (Å²) in [5.41, 5.74) is 0.790. The first-order chi connectivity index (χ1) is 13.4. The zero-order chi connectivity index (χ0) is 19.7. The van der Waals surface area contributed by atoms with Crippen LogP contribution in [0.5, 0.6) is 0 Å². The lowest BCUT2D eigenvalue weighted by atomic mass is 9.84. The number of anilines is 1. The summed E-state index contributed by atoms with van der Waals surface area (Å²) in [5, 5.41) is 7.22. The molecule has 2 N–H and O–H groups in total. The topological polar surface area (TPSA) is 70.7 Å². The largest absolute Gasteiger partial charge is 0.379 e.